The van der Waals surface area contributed by atoms with Crippen LogP contribution in [0.2, 0.25) is 0 Å². The molecule has 0 radical (unpaired) electrons. The molecule has 0 amide bonds. The first-order valence-electron chi connectivity index (χ1n) is 8.35. The lowest BCUT2D eigenvalue weighted by Crippen LogP contribution is -2.47. The first kappa shape index (κ1) is 17.9. The Morgan fingerprint density at radius 1 is 1.24 bits per heavy atom. The number of carbonyl (C=O) groups is 1. The third kappa shape index (κ3) is 3.88. The van der Waals surface area contributed by atoms with Crippen LogP contribution in [0.25, 0.3) is 0 Å². The highest BCUT2D eigenvalue weighted by atomic mass is 79.9. The third-order valence-electron chi connectivity index (χ3n) is 4.59. The summed E-state index contributed by atoms with van der Waals surface area (Å²) in [5.74, 6) is -0.419. The molecule has 6 nitrogen and oxygen atoms in total. The second kappa shape index (κ2) is 7.58. The van der Waals surface area contributed by atoms with Crippen molar-refractivity contribution >= 4 is 27.6 Å². The number of benzene rings is 1. The number of hydrogen-bond donors (Lipinski definition) is 0. The van der Waals surface area contributed by atoms with Crippen molar-refractivity contribution in [3.05, 3.63) is 45.7 Å². The predicted molar refractivity (Wildman–Crippen MR) is 101 cm³/mol. The van der Waals surface area contributed by atoms with Crippen LogP contribution < -0.4 is 4.90 Å². The van der Waals surface area contributed by atoms with E-state index in [-0.39, 0.29) is 0 Å². The molecule has 25 heavy (non-hydrogen) atoms. The van der Waals surface area contributed by atoms with Gasteiger partial charge in [-0.2, -0.15) is 5.10 Å². The molecule has 0 bridgehead atoms. The Morgan fingerprint density at radius 2 is 1.96 bits per heavy atom. The zero-order chi connectivity index (χ0) is 18.0. The van der Waals surface area contributed by atoms with Gasteiger partial charge >= 0.3 is 5.97 Å². The van der Waals surface area contributed by atoms with Crippen molar-refractivity contribution in [2.75, 3.05) is 38.2 Å². The molecule has 1 aromatic heterocycles. The van der Waals surface area contributed by atoms with Crippen LogP contribution in [-0.2, 0) is 11.4 Å². The minimum absolute atomic E-state index is 0.332. The van der Waals surface area contributed by atoms with E-state index in [1.807, 2.05) is 11.6 Å². The Labute approximate surface area is 156 Å². The number of aryl methyl sites for hydroxylation is 1. The molecule has 134 valence electrons. The molecule has 2 heterocycles. The molecule has 0 N–H and O–H groups in total. The second-order valence-electron chi connectivity index (χ2n) is 6.32. The van der Waals surface area contributed by atoms with Gasteiger partial charge in [-0.15, -0.1) is 0 Å². The van der Waals surface area contributed by atoms with E-state index in [2.05, 4.69) is 62.0 Å². The SMILES string of the molecule is COC(=O)c1nn(CN2CCN(c3cccc(C)c3)CC2)c(C)c1Br. The number of rotatable bonds is 4. The average Bonchev–Trinajstić information content (AvgIpc) is 2.90. The van der Waals surface area contributed by atoms with Crippen LogP contribution >= 0.6 is 15.9 Å². The van der Waals surface area contributed by atoms with Crippen molar-refractivity contribution < 1.29 is 9.53 Å². The van der Waals surface area contributed by atoms with Gasteiger partial charge in [0.05, 0.1) is 23.9 Å². The van der Waals surface area contributed by atoms with E-state index in [1.54, 1.807) is 0 Å². The van der Waals surface area contributed by atoms with E-state index in [0.29, 0.717) is 16.8 Å². The molecule has 0 spiro atoms. The predicted octanol–water partition coefficient (Wildman–Crippen LogP) is 2.83. The van der Waals surface area contributed by atoms with Gasteiger partial charge in [0.15, 0.2) is 5.69 Å². The molecule has 1 aromatic carbocycles. The number of methoxy groups -OCH3 is 1. The zero-order valence-electron chi connectivity index (χ0n) is 14.8. The molecule has 2 aromatic rings. The normalized spacial score (nSPS) is 15.4. The van der Waals surface area contributed by atoms with Crippen LogP contribution in [0.15, 0.2) is 28.7 Å². The van der Waals surface area contributed by atoms with Crippen LogP contribution in [0.1, 0.15) is 21.7 Å². The van der Waals surface area contributed by atoms with Crippen molar-refractivity contribution in [3.63, 3.8) is 0 Å². The fourth-order valence-corrected chi connectivity index (χ4v) is 3.50. The van der Waals surface area contributed by atoms with Gasteiger partial charge in [-0.3, -0.25) is 9.58 Å². The Bertz CT molecular complexity index is 766. The highest BCUT2D eigenvalue weighted by Gasteiger charge is 2.22. The maximum atomic E-state index is 11.8. The van der Waals surface area contributed by atoms with Gasteiger partial charge in [0.1, 0.15) is 0 Å². The zero-order valence-corrected chi connectivity index (χ0v) is 16.4. The van der Waals surface area contributed by atoms with Gasteiger partial charge in [0, 0.05) is 31.9 Å². The summed E-state index contributed by atoms with van der Waals surface area (Å²) in [6, 6.07) is 8.63. The Balaban J connectivity index is 1.64. The quantitative estimate of drug-likeness (QED) is 0.730. The molecule has 3 rings (SSSR count). The van der Waals surface area contributed by atoms with E-state index in [0.717, 1.165) is 31.9 Å². The first-order chi connectivity index (χ1) is 12.0. The molecule has 0 atom stereocenters. The van der Waals surface area contributed by atoms with E-state index in [9.17, 15) is 4.79 Å². The highest BCUT2D eigenvalue weighted by Crippen LogP contribution is 2.23. The lowest BCUT2D eigenvalue weighted by molar-refractivity contribution is 0.0591. The molecule has 1 aliphatic rings. The minimum Gasteiger partial charge on any atom is -0.464 e. The van der Waals surface area contributed by atoms with Crippen LogP contribution in [-0.4, -0.2) is 53.9 Å². The Kier molecular flexibility index (Phi) is 5.44. The summed E-state index contributed by atoms with van der Waals surface area (Å²) in [5.41, 5.74) is 3.83. The monoisotopic (exact) mass is 406 g/mol. The van der Waals surface area contributed by atoms with E-state index in [1.165, 1.54) is 18.4 Å². The van der Waals surface area contributed by atoms with Crippen molar-refractivity contribution in [2.45, 2.75) is 20.5 Å². The summed E-state index contributed by atoms with van der Waals surface area (Å²) in [4.78, 5) is 16.5. The number of ether oxygens (including phenoxy) is 1. The third-order valence-corrected chi connectivity index (χ3v) is 5.53. The fraction of sp³-hybridized carbons (Fsp3) is 0.444. The number of anilines is 1. The van der Waals surface area contributed by atoms with Gasteiger partial charge in [-0.05, 0) is 47.5 Å². The summed E-state index contributed by atoms with van der Waals surface area (Å²) in [5, 5.41) is 4.40. The van der Waals surface area contributed by atoms with Gasteiger partial charge in [-0.1, -0.05) is 12.1 Å². The maximum Gasteiger partial charge on any atom is 0.359 e. The topological polar surface area (TPSA) is 50.6 Å². The average molecular weight is 407 g/mol. The largest absolute Gasteiger partial charge is 0.464 e. The van der Waals surface area contributed by atoms with Crippen molar-refractivity contribution in [3.8, 4) is 0 Å². The van der Waals surface area contributed by atoms with Crippen molar-refractivity contribution in [1.82, 2.24) is 14.7 Å². The smallest absolute Gasteiger partial charge is 0.359 e. The minimum atomic E-state index is -0.419. The lowest BCUT2D eigenvalue weighted by atomic mass is 10.2. The molecule has 1 aliphatic heterocycles. The lowest BCUT2D eigenvalue weighted by Gasteiger charge is -2.36. The number of aromatic nitrogens is 2. The van der Waals surface area contributed by atoms with Gasteiger partial charge < -0.3 is 9.64 Å². The number of esters is 1. The molecule has 0 unspecified atom stereocenters. The van der Waals surface area contributed by atoms with Crippen LogP contribution in [0, 0.1) is 13.8 Å². The molecule has 1 saturated heterocycles. The Hall–Kier alpha value is -1.86. The van der Waals surface area contributed by atoms with E-state index in [4.69, 9.17) is 4.74 Å². The van der Waals surface area contributed by atoms with Crippen molar-refractivity contribution in [2.24, 2.45) is 0 Å². The summed E-state index contributed by atoms with van der Waals surface area (Å²) in [7, 11) is 1.37. The number of halogens is 1. The summed E-state index contributed by atoms with van der Waals surface area (Å²) in [6.07, 6.45) is 0. The summed E-state index contributed by atoms with van der Waals surface area (Å²) >= 11 is 3.44. The molecule has 1 fully saturated rings. The highest BCUT2D eigenvalue weighted by molar-refractivity contribution is 9.10. The molecule has 7 heteroatoms. The van der Waals surface area contributed by atoms with Gasteiger partial charge in [0.2, 0.25) is 0 Å². The van der Waals surface area contributed by atoms with Gasteiger partial charge in [-0.25, -0.2) is 4.79 Å². The fourth-order valence-electron chi connectivity index (χ4n) is 3.05. The second-order valence-corrected chi connectivity index (χ2v) is 7.12. The summed E-state index contributed by atoms with van der Waals surface area (Å²) in [6.45, 7) is 8.62. The number of carbonyl (C=O) groups excluding carboxylic acids is 1. The summed E-state index contributed by atoms with van der Waals surface area (Å²) < 4.78 is 7.35. The maximum absolute atomic E-state index is 11.8. The standard InChI is InChI=1S/C18H23BrN4O2/c1-13-5-4-6-15(11-13)22-9-7-21(8-10-22)12-23-14(2)16(19)17(20-23)18(24)25-3/h4-6,11H,7-10,12H2,1-3H3. The molecule has 0 aliphatic carbocycles. The van der Waals surface area contributed by atoms with Crippen molar-refractivity contribution in [1.29, 1.82) is 0 Å². The molecule has 0 saturated carbocycles. The molecular weight excluding hydrogens is 384 g/mol. The number of nitrogens with zero attached hydrogens (tertiary/aromatic N) is 4. The van der Waals surface area contributed by atoms with Crippen LogP contribution in [0.5, 0.6) is 0 Å². The van der Waals surface area contributed by atoms with E-state index < -0.39 is 5.97 Å². The first-order valence-corrected chi connectivity index (χ1v) is 9.14. The Morgan fingerprint density at radius 3 is 2.60 bits per heavy atom. The molecular formula is C18H23BrN4O2. The van der Waals surface area contributed by atoms with Crippen LogP contribution in [0.4, 0.5) is 5.69 Å². The number of piperazine rings is 1. The van der Waals surface area contributed by atoms with E-state index >= 15 is 0 Å². The van der Waals surface area contributed by atoms with Gasteiger partial charge in [0.25, 0.3) is 0 Å². The number of hydrogen-bond acceptors (Lipinski definition) is 5. The van der Waals surface area contributed by atoms with Crippen LogP contribution in [0.3, 0.4) is 0 Å².